The number of nitrogens with zero attached hydrogens (tertiary/aromatic N) is 1. The molecule has 2 nitrogen and oxygen atoms in total. The van der Waals surface area contributed by atoms with Gasteiger partial charge >= 0.3 is 0 Å². The van der Waals surface area contributed by atoms with Crippen molar-refractivity contribution in [1.29, 1.82) is 0 Å². The molecular formula is C14H28N2S. The third-order valence-corrected chi connectivity index (χ3v) is 5.95. The number of hydrogen-bond donors (Lipinski definition) is 1. The molecule has 0 bridgehead atoms. The molecule has 0 spiro atoms. The summed E-state index contributed by atoms with van der Waals surface area (Å²) < 4.78 is 0. The van der Waals surface area contributed by atoms with Gasteiger partial charge in [-0.3, -0.25) is 4.90 Å². The van der Waals surface area contributed by atoms with E-state index in [1.807, 2.05) is 0 Å². The Morgan fingerprint density at radius 2 is 2.18 bits per heavy atom. The van der Waals surface area contributed by atoms with Gasteiger partial charge in [0.05, 0.1) is 0 Å². The predicted molar refractivity (Wildman–Crippen MR) is 77.7 cm³/mol. The molecule has 0 radical (unpaired) electrons. The molecule has 1 N–H and O–H groups in total. The molecule has 0 aromatic rings. The fourth-order valence-corrected chi connectivity index (χ4v) is 4.76. The lowest BCUT2D eigenvalue weighted by Gasteiger charge is -2.38. The van der Waals surface area contributed by atoms with Crippen LogP contribution in [0.25, 0.3) is 0 Å². The van der Waals surface area contributed by atoms with Gasteiger partial charge in [-0.2, -0.15) is 11.8 Å². The predicted octanol–water partition coefficient (Wildman–Crippen LogP) is 2.45. The Morgan fingerprint density at radius 3 is 2.82 bits per heavy atom. The highest BCUT2D eigenvalue weighted by atomic mass is 32.2. The van der Waals surface area contributed by atoms with Crippen LogP contribution in [0.3, 0.4) is 0 Å². The van der Waals surface area contributed by atoms with E-state index in [4.69, 9.17) is 0 Å². The Morgan fingerprint density at radius 1 is 1.41 bits per heavy atom. The van der Waals surface area contributed by atoms with Gasteiger partial charge in [0, 0.05) is 36.7 Å². The zero-order valence-electron chi connectivity index (χ0n) is 11.8. The molecule has 0 aromatic carbocycles. The molecule has 1 heterocycles. The maximum Gasteiger partial charge on any atom is 0.0158 e. The Hall–Kier alpha value is 0.270. The Balaban J connectivity index is 1.94. The molecule has 3 atom stereocenters. The minimum Gasteiger partial charge on any atom is -0.316 e. The van der Waals surface area contributed by atoms with Crippen LogP contribution in [0.2, 0.25) is 0 Å². The van der Waals surface area contributed by atoms with Crippen molar-refractivity contribution >= 4 is 11.8 Å². The van der Waals surface area contributed by atoms with Gasteiger partial charge in [-0.05, 0) is 38.1 Å². The normalized spacial score (nSPS) is 38.5. The summed E-state index contributed by atoms with van der Waals surface area (Å²) in [5, 5.41) is 3.58. The fraction of sp³-hybridized carbons (Fsp3) is 1.00. The van der Waals surface area contributed by atoms with E-state index in [1.165, 1.54) is 37.4 Å². The molecule has 1 saturated carbocycles. The third-order valence-electron chi connectivity index (χ3n) is 4.76. The average molecular weight is 256 g/mol. The standard InChI is InChI=1S/C14H28N2S/c1-11-10-17-8-7-16(11)9-12-5-6-14(2,3)13(12)15-4/h11-13,15H,5-10H2,1-4H3. The molecule has 1 saturated heterocycles. The van der Waals surface area contributed by atoms with Crippen LogP contribution in [0, 0.1) is 11.3 Å². The summed E-state index contributed by atoms with van der Waals surface area (Å²) in [6, 6.07) is 1.47. The Labute approximate surface area is 111 Å². The quantitative estimate of drug-likeness (QED) is 0.835. The molecule has 17 heavy (non-hydrogen) atoms. The van der Waals surface area contributed by atoms with Gasteiger partial charge in [-0.15, -0.1) is 0 Å². The van der Waals surface area contributed by atoms with Gasteiger partial charge in [0.15, 0.2) is 0 Å². The second kappa shape index (κ2) is 5.50. The van der Waals surface area contributed by atoms with Crippen molar-refractivity contribution in [2.45, 2.75) is 45.7 Å². The maximum absolute atomic E-state index is 3.58. The topological polar surface area (TPSA) is 15.3 Å². The zero-order valence-corrected chi connectivity index (χ0v) is 12.6. The molecule has 1 aliphatic carbocycles. The van der Waals surface area contributed by atoms with E-state index >= 15 is 0 Å². The summed E-state index contributed by atoms with van der Waals surface area (Å²) in [7, 11) is 2.14. The average Bonchev–Trinajstić information content (AvgIpc) is 2.57. The summed E-state index contributed by atoms with van der Waals surface area (Å²) in [5.74, 6) is 3.49. The van der Waals surface area contributed by atoms with Gasteiger partial charge in [-0.1, -0.05) is 13.8 Å². The van der Waals surface area contributed by atoms with Crippen LogP contribution in [0.4, 0.5) is 0 Å². The van der Waals surface area contributed by atoms with Crippen molar-refractivity contribution in [2.75, 3.05) is 31.6 Å². The van der Waals surface area contributed by atoms with E-state index in [2.05, 4.69) is 49.8 Å². The zero-order chi connectivity index (χ0) is 12.5. The number of thioether (sulfide) groups is 1. The molecule has 3 unspecified atom stereocenters. The Bertz CT molecular complexity index is 255. The van der Waals surface area contributed by atoms with Crippen molar-refractivity contribution < 1.29 is 0 Å². The molecule has 0 amide bonds. The van der Waals surface area contributed by atoms with Crippen molar-refractivity contribution in [3.8, 4) is 0 Å². The second-order valence-electron chi connectivity index (χ2n) is 6.47. The highest BCUT2D eigenvalue weighted by Crippen LogP contribution is 2.41. The third kappa shape index (κ3) is 2.99. The van der Waals surface area contributed by atoms with E-state index in [0.717, 1.165) is 12.0 Å². The van der Waals surface area contributed by atoms with Crippen LogP contribution < -0.4 is 5.32 Å². The summed E-state index contributed by atoms with van der Waals surface area (Å²) in [5.41, 5.74) is 0.479. The van der Waals surface area contributed by atoms with Crippen LogP contribution in [-0.4, -0.2) is 48.6 Å². The van der Waals surface area contributed by atoms with Crippen molar-refractivity contribution in [2.24, 2.45) is 11.3 Å². The van der Waals surface area contributed by atoms with E-state index < -0.39 is 0 Å². The summed E-state index contributed by atoms with van der Waals surface area (Å²) in [6.07, 6.45) is 2.77. The lowest BCUT2D eigenvalue weighted by Crippen LogP contribution is -2.48. The SMILES string of the molecule is CNC1C(CN2CCSCC2C)CCC1(C)C. The number of nitrogens with one attached hydrogen (secondary N) is 1. The van der Waals surface area contributed by atoms with Gasteiger partial charge in [0.2, 0.25) is 0 Å². The highest BCUT2D eigenvalue weighted by Gasteiger charge is 2.41. The number of hydrogen-bond acceptors (Lipinski definition) is 3. The van der Waals surface area contributed by atoms with Crippen molar-refractivity contribution in [3.63, 3.8) is 0 Å². The largest absolute Gasteiger partial charge is 0.316 e. The first-order valence-corrected chi connectivity index (χ1v) is 8.19. The molecular weight excluding hydrogens is 228 g/mol. The molecule has 0 aromatic heterocycles. The first kappa shape index (κ1) is 13.7. The molecule has 100 valence electrons. The van der Waals surface area contributed by atoms with Crippen LogP contribution in [0.15, 0.2) is 0 Å². The highest BCUT2D eigenvalue weighted by molar-refractivity contribution is 7.99. The lowest BCUT2D eigenvalue weighted by molar-refractivity contribution is 0.166. The summed E-state index contributed by atoms with van der Waals surface area (Å²) >= 11 is 2.11. The fourth-order valence-electron chi connectivity index (χ4n) is 3.67. The first-order valence-electron chi connectivity index (χ1n) is 7.03. The molecule has 2 rings (SSSR count). The summed E-state index contributed by atoms with van der Waals surface area (Å²) in [4.78, 5) is 2.72. The lowest BCUT2D eigenvalue weighted by atomic mass is 9.84. The van der Waals surface area contributed by atoms with E-state index in [-0.39, 0.29) is 0 Å². The van der Waals surface area contributed by atoms with Gasteiger partial charge < -0.3 is 5.32 Å². The summed E-state index contributed by atoms with van der Waals surface area (Å²) in [6.45, 7) is 9.82. The van der Waals surface area contributed by atoms with Crippen LogP contribution in [0.1, 0.15) is 33.6 Å². The van der Waals surface area contributed by atoms with Crippen molar-refractivity contribution in [3.05, 3.63) is 0 Å². The van der Waals surface area contributed by atoms with Gasteiger partial charge in [0.25, 0.3) is 0 Å². The minimum atomic E-state index is 0.479. The molecule has 2 aliphatic rings. The number of rotatable bonds is 3. The Kier molecular flexibility index (Phi) is 4.43. The minimum absolute atomic E-state index is 0.479. The smallest absolute Gasteiger partial charge is 0.0158 e. The van der Waals surface area contributed by atoms with Crippen LogP contribution >= 0.6 is 11.8 Å². The maximum atomic E-state index is 3.58. The molecule has 3 heteroatoms. The van der Waals surface area contributed by atoms with Crippen LogP contribution in [-0.2, 0) is 0 Å². The monoisotopic (exact) mass is 256 g/mol. The first-order chi connectivity index (χ1) is 8.04. The van der Waals surface area contributed by atoms with E-state index in [1.54, 1.807) is 0 Å². The van der Waals surface area contributed by atoms with E-state index in [9.17, 15) is 0 Å². The van der Waals surface area contributed by atoms with Crippen LogP contribution in [0.5, 0.6) is 0 Å². The van der Waals surface area contributed by atoms with Gasteiger partial charge in [-0.25, -0.2) is 0 Å². The molecule has 1 aliphatic heterocycles. The van der Waals surface area contributed by atoms with E-state index in [0.29, 0.717) is 11.5 Å². The van der Waals surface area contributed by atoms with Crippen molar-refractivity contribution in [1.82, 2.24) is 10.2 Å². The molecule has 2 fully saturated rings. The second-order valence-corrected chi connectivity index (χ2v) is 7.62. The van der Waals surface area contributed by atoms with Gasteiger partial charge in [0.1, 0.15) is 0 Å².